The number of unbranched alkanes of at least 4 members (excludes halogenated alkanes) is 2. The normalized spacial score (nSPS) is 10.1. The SMILES string of the molecule is COc1cccc(CCNC(=O)NCCCCCO)c1. The van der Waals surface area contributed by atoms with Crippen molar-refractivity contribution in [3.8, 4) is 5.75 Å². The van der Waals surface area contributed by atoms with E-state index in [1.165, 1.54) is 0 Å². The molecule has 1 rings (SSSR count). The van der Waals surface area contributed by atoms with Gasteiger partial charge in [-0.15, -0.1) is 0 Å². The molecule has 1 aromatic carbocycles. The fourth-order valence-electron chi connectivity index (χ4n) is 1.83. The molecule has 0 aromatic heterocycles. The summed E-state index contributed by atoms with van der Waals surface area (Å²) in [6.07, 6.45) is 3.39. The highest BCUT2D eigenvalue weighted by Crippen LogP contribution is 2.12. The number of benzene rings is 1. The molecule has 112 valence electrons. The Labute approximate surface area is 120 Å². The smallest absolute Gasteiger partial charge is 0.314 e. The molecule has 0 aliphatic rings. The Morgan fingerprint density at radius 3 is 2.75 bits per heavy atom. The van der Waals surface area contributed by atoms with Gasteiger partial charge in [-0.05, 0) is 43.4 Å². The zero-order valence-corrected chi connectivity index (χ0v) is 12.0. The monoisotopic (exact) mass is 280 g/mol. The van der Waals surface area contributed by atoms with E-state index in [4.69, 9.17) is 9.84 Å². The first-order chi connectivity index (χ1) is 9.76. The van der Waals surface area contributed by atoms with E-state index in [1.54, 1.807) is 7.11 Å². The van der Waals surface area contributed by atoms with Crippen molar-refractivity contribution in [1.82, 2.24) is 10.6 Å². The number of hydrogen-bond acceptors (Lipinski definition) is 3. The van der Waals surface area contributed by atoms with Gasteiger partial charge in [-0.1, -0.05) is 12.1 Å². The molecular weight excluding hydrogens is 256 g/mol. The van der Waals surface area contributed by atoms with Gasteiger partial charge in [0.15, 0.2) is 0 Å². The first-order valence-corrected chi connectivity index (χ1v) is 7.01. The topological polar surface area (TPSA) is 70.6 Å². The molecule has 1 aromatic rings. The quantitative estimate of drug-likeness (QED) is 0.603. The average molecular weight is 280 g/mol. The van der Waals surface area contributed by atoms with Crippen LogP contribution in [0.15, 0.2) is 24.3 Å². The summed E-state index contributed by atoms with van der Waals surface area (Å²) in [6.45, 7) is 1.45. The zero-order chi connectivity index (χ0) is 14.6. The number of rotatable bonds is 9. The Bertz CT molecular complexity index is 396. The lowest BCUT2D eigenvalue weighted by Crippen LogP contribution is -2.37. The molecule has 0 heterocycles. The minimum atomic E-state index is -0.142. The lowest BCUT2D eigenvalue weighted by atomic mass is 10.1. The largest absolute Gasteiger partial charge is 0.497 e. The van der Waals surface area contributed by atoms with E-state index in [9.17, 15) is 4.79 Å². The van der Waals surface area contributed by atoms with Gasteiger partial charge >= 0.3 is 6.03 Å². The third kappa shape index (κ3) is 6.99. The van der Waals surface area contributed by atoms with Gasteiger partial charge in [0.05, 0.1) is 7.11 Å². The van der Waals surface area contributed by atoms with Crippen molar-refractivity contribution in [1.29, 1.82) is 0 Å². The number of ether oxygens (including phenoxy) is 1. The number of amides is 2. The lowest BCUT2D eigenvalue weighted by molar-refractivity contribution is 0.240. The van der Waals surface area contributed by atoms with Gasteiger partial charge in [-0.3, -0.25) is 0 Å². The molecule has 0 radical (unpaired) electrons. The van der Waals surface area contributed by atoms with Crippen molar-refractivity contribution in [3.63, 3.8) is 0 Å². The van der Waals surface area contributed by atoms with E-state index < -0.39 is 0 Å². The van der Waals surface area contributed by atoms with Crippen LogP contribution in [0, 0.1) is 0 Å². The number of hydrogen-bond donors (Lipinski definition) is 3. The highest BCUT2D eigenvalue weighted by molar-refractivity contribution is 5.73. The second-order valence-electron chi connectivity index (χ2n) is 4.57. The van der Waals surface area contributed by atoms with Crippen molar-refractivity contribution < 1.29 is 14.6 Å². The Hall–Kier alpha value is -1.75. The van der Waals surface area contributed by atoms with Crippen LogP contribution in [0.25, 0.3) is 0 Å². The molecule has 0 fully saturated rings. The van der Waals surface area contributed by atoms with Gasteiger partial charge < -0.3 is 20.5 Å². The fraction of sp³-hybridized carbons (Fsp3) is 0.533. The maximum Gasteiger partial charge on any atom is 0.314 e. The zero-order valence-electron chi connectivity index (χ0n) is 12.0. The second kappa shape index (κ2) is 10.1. The minimum absolute atomic E-state index is 0.142. The maximum atomic E-state index is 11.5. The summed E-state index contributed by atoms with van der Waals surface area (Å²) in [7, 11) is 1.64. The molecule has 0 aliphatic heterocycles. The van der Waals surface area contributed by atoms with Crippen molar-refractivity contribution in [2.75, 3.05) is 26.8 Å². The highest BCUT2D eigenvalue weighted by Gasteiger charge is 2.00. The Morgan fingerprint density at radius 2 is 2.00 bits per heavy atom. The number of methoxy groups -OCH3 is 1. The highest BCUT2D eigenvalue weighted by atomic mass is 16.5. The summed E-state index contributed by atoms with van der Waals surface area (Å²) in [5.74, 6) is 0.829. The van der Waals surface area contributed by atoms with Crippen molar-refractivity contribution in [3.05, 3.63) is 29.8 Å². The molecule has 3 N–H and O–H groups in total. The number of carbonyl (C=O) groups is 1. The van der Waals surface area contributed by atoms with E-state index in [2.05, 4.69) is 10.6 Å². The standard InChI is InChI=1S/C15H24N2O3/c1-20-14-7-5-6-13(12-14)8-10-17-15(19)16-9-3-2-4-11-18/h5-7,12,18H,2-4,8-11H2,1H3,(H2,16,17,19). The summed E-state index contributed by atoms with van der Waals surface area (Å²) in [5, 5.41) is 14.2. The molecule has 0 bridgehead atoms. The van der Waals surface area contributed by atoms with E-state index in [-0.39, 0.29) is 12.6 Å². The second-order valence-corrected chi connectivity index (χ2v) is 4.57. The van der Waals surface area contributed by atoms with Crippen LogP contribution >= 0.6 is 0 Å². The summed E-state index contributed by atoms with van der Waals surface area (Å²) < 4.78 is 5.15. The molecule has 5 heteroatoms. The summed E-state index contributed by atoms with van der Waals surface area (Å²) in [5.41, 5.74) is 1.13. The van der Waals surface area contributed by atoms with Crippen LogP contribution in [-0.4, -0.2) is 37.9 Å². The van der Waals surface area contributed by atoms with Crippen LogP contribution in [0.4, 0.5) is 4.79 Å². The van der Waals surface area contributed by atoms with Gasteiger partial charge in [0.2, 0.25) is 0 Å². The van der Waals surface area contributed by atoms with Gasteiger partial charge in [-0.2, -0.15) is 0 Å². The molecule has 0 atom stereocenters. The van der Waals surface area contributed by atoms with Gasteiger partial charge in [0.1, 0.15) is 5.75 Å². The average Bonchev–Trinajstić information content (AvgIpc) is 2.47. The predicted octanol–water partition coefficient (Wildman–Crippen LogP) is 1.70. The van der Waals surface area contributed by atoms with Crippen LogP contribution < -0.4 is 15.4 Å². The molecular formula is C15H24N2O3. The maximum absolute atomic E-state index is 11.5. The van der Waals surface area contributed by atoms with Crippen LogP contribution in [0.1, 0.15) is 24.8 Å². The Kier molecular flexibility index (Phi) is 8.22. The molecule has 0 aliphatic carbocycles. The van der Waals surface area contributed by atoms with Gasteiger partial charge in [-0.25, -0.2) is 4.79 Å². The molecule has 5 nitrogen and oxygen atoms in total. The third-order valence-corrected chi connectivity index (χ3v) is 2.95. The molecule has 0 saturated heterocycles. The number of nitrogens with one attached hydrogen (secondary N) is 2. The van der Waals surface area contributed by atoms with Gasteiger partial charge in [0, 0.05) is 19.7 Å². The first kappa shape index (κ1) is 16.3. The third-order valence-electron chi connectivity index (χ3n) is 2.95. The molecule has 20 heavy (non-hydrogen) atoms. The molecule has 0 saturated carbocycles. The van der Waals surface area contributed by atoms with Crippen LogP contribution in [0.2, 0.25) is 0 Å². The van der Waals surface area contributed by atoms with Crippen molar-refractivity contribution in [2.24, 2.45) is 0 Å². The van der Waals surface area contributed by atoms with Crippen LogP contribution in [0.5, 0.6) is 5.75 Å². The Balaban J connectivity index is 2.12. The first-order valence-electron chi connectivity index (χ1n) is 7.01. The molecule has 2 amide bonds. The van der Waals surface area contributed by atoms with Crippen LogP contribution in [0.3, 0.4) is 0 Å². The summed E-state index contributed by atoms with van der Waals surface area (Å²) in [4.78, 5) is 11.5. The van der Waals surface area contributed by atoms with E-state index in [1.807, 2.05) is 24.3 Å². The molecule has 0 spiro atoms. The lowest BCUT2D eigenvalue weighted by Gasteiger charge is -2.08. The van der Waals surface area contributed by atoms with Gasteiger partial charge in [0.25, 0.3) is 0 Å². The summed E-state index contributed by atoms with van der Waals surface area (Å²) in [6, 6.07) is 7.67. The minimum Gasteiger partial charge on any atom is -0.497 e. The van der Waals surface area contributed by atoms with E-state index in [0.717, 1.165) is 37.0 Å². The van der Waals surface area contributed by atoms with Crippen molar-refractivity contribution in [2.45, 2.75) is 25.7 Å². The van der Waals surface area contributed by atoms with Crippen LogP contribution in [-0.2, 0) is 6.42 Å². The van der Waals surface area contributed by atoms with E-state index >= 15 is 0 Å². The van der Waals surface area contributed by atoms with Crippen molar-refractivity contribution >= 4 is 6.03 Å². The number of aliphatic hydroxyl groups excluding tert-OH is 1. The number of carbonyl (C=O) groups excluding carboxylic acids is 1. The molecule has 0 unspecified atom stereocenters. The van der Waals surface area contributed by atoms with E-state index in [0.29, 0.717) is 13.1 Å². The summed E-state index contributed by atoms with van der Waals surface area (Å²) >= 11 is 0. The number of aliphatic hydroxyl groups is 1. The number of urea groups is 1. The predicted molar refractivity (Wildman–Crippen MR) is 79.0 cm³/mol. The fourth-order valence-corrected chi connectivity index (χ4v) is 1.83. The Morgan fingerprint density at radius 1 is 1.20 bits per heavy atom.